The van der Waals surface area contributed by atoms with E-state index in [1.165, 1.54) is 6.08 Å². The number of hydrogen-bond donors (Lipinski definition) is 2. The number of nitrogens with one attached hydrogen (secondary N) is 2. The maximum absolute atomic E-state index is 10.3. The SMILES string of the molecule is N=CNC1C=CC(=O)O1. The first-order valence-corrected chi connectivity index (χ1v) is 2.47. The molecule has 0 saturated carbocycles. The Kier molecular flexibility index (Phi) is 1.48. The minimum Gasteiger partial charge on any atom is -0.435 e. The number of cyclic esters (lactones) is 1. The van der Waals surface area contributed by atoms with Gasteiger partial charge in [0.2, 0.25) is 0 Å². The van der Waals surface area contributed by atoms with Crippen LogP contribution in [0.3, 0.4) is 0 Å². The molecule has 1 unspecified atom stereocenters. The van der Waals surface area contributed by atoms with Crippen molar-refractivity contribution in [2.24, 2.45) is 0 Å². The van der Waals surface area contributed by atoms with Crippen molar-refractivity contribution < 1.29 is 9.53 Å². The lowest BCUT2D eigenvalue weighted by atomic mass is 10.5. The Hall–Kier alpha value is -1.32. The van der Waals surface area contributed by atoms with Gasteiger partial charge < -0.3 is 10.1 Å². The molecular weight excluding hydrogens is 120 g/mol. The number of carbonyl (C=O) groups excluding carboxylic acids is 1. The molecule has 9 heavy (non-hydrogen) atoms. The molecule has 0 fully saturated rings. The van der Waals surface area contributed by atoms with Crippen LogP contribution in [-0.4, -0.2) is 18.5 Å². The lowest BCUT2D eigenvalue weighted by molar-refractivity contribution is -0.139. The Morgan fingerprint density at radius 2 is 2.67 bits per heavy atom. The Morgan fingerprint density at radius 3 is 3.11 bits per heavy atom. The summed E-state index contributed by atoms with van der Waals surface area (Å²) >= 11 is 0. The molecule has 1 aliphatic heterocycles. The molecule has 0 radical (unpaired) electrons. The monoisotopic (exact) mass is 126 g/mol. The van der Waals surface area contributed by atoms with Crippen LogP contribution in [0.5, 0.6) is 0 Å². The highest BCUT2D eigenvalue weighted by Gasteiger charge is 2.13. The van der Waals surface area contributed by atoms with Crippen LogP contribution < -0.4 is 5.32 Å². The Bertz CT molecular complexity index is 164. The fraction of sp³-hybridized carbons (Fsp3) is 0.200. The lowest BCUT2D eigenvalue weighted by Gasteiger charge is -2.04. The van der Waals surface area contributed by atoms with Crippen LogP contribution in [0.1, 0.15) is 0 Å². The molecule has 0 aromatic carbocycles. The largest absolute Gasteiger partial charge is 0.435 e. The van der Waals surface area contributed by atoms with E-state index in [9.17, 15) is 4.79 Å². The van der Waals surface area contributed by atoms with Crippen molar-refractivity contribution in [3.63, 3.8) is 0 Å². The van der Waals surface area contributed by atoms with E-state index in [1.54, 1.807) is 6.08 Å². The van der Waals surface area contributed by atoms with Crippen LogP contribution in [0, 0.1) is 5.41 Å². The molecule has 0 amide bonds. The van der Waals surface area contributed by atoms with Crippen molar-refractivity contribution in [1.29, 1.82) is 5.41 Å². The minimum absolute atomic E-state index is 0.366. The fourth-order valence-electron chi connectivity index (χ4n) is 0.541. The van der Waals surface area contributed by atoms with Crippen molar-refractivity contribution in [2.45, 2.75) is 6.23 Å². The second-order valence-electron chi connectivity index (χ2n) is 1.53. The Balaban J connectivity index is 2.40. The topological polar surface area (TPSA) is 62.2 Å². The first-order valence-electron chi connectivity index (χ1n) is 2.47. The molecule has 0 bridgehead atoms. The Morgan fingerprint density at radius 1 is 1.89 bits per heavy atom. The molecule has 4 nitrogen and oxygen atoms in total. The molecule has 4 heteroatoms. The number of ether oxygens (including phenoxy) is 1. The van der Waals surface area contributed by atoms with Crippen LogP contribution in [0.4, 0.5) is 0 Å². The molecule has 0 aliphatic carbocycles. The van der Waals surface area contributed by atoms with Gasteiger partial charge in [-0.15, -0.1) is 0 Å². The number of esters is 1. The van der Waals surface area contributed by atoms with Gasteiger partial charge in [0.25, 0.3) is 0 Å². The van der Waals surface area contributed by atoms with Crippen molar-refractivity contribution in [1.82, 2.24) is 5.32 Å². The second-order valence-corrected chi connectivity index (χ2v) is 1.53. The van der Waals surface area contributed by atoms with Gasteiger partial charge in [0.1, 0.15) is 0 Å². The van der Waals surface area contributed by atoms with Gasteiger partial charge in [-0.3, -0.25) is 5.41 Å². The summed E-state index contributed by atoms with van der Waals surface area (Å²) in [5.74, 6) is -0.366. The van der Waals surface area contributed by atoms with Crippen molar-refractivity contribution >= 4 is 12.3 Å². The van der Waals surface area contributed by atoms with Crippen molar-refractivity contribution in [3.8, 4) is 0 Å². The third-order valence-electron chi connectivity index (χ3n) is 0.898. The van der Waals surface area contributed by atoms with E-state index < -0.39 is 6.23 Å². The molecule has 2 N–H and O–H groups in total. The standard InChI is InChI=1S/C5H6N2O2/c6-3-7-4-1-2-5(8)9-4/h1-4H,(H2,6,7). The summed E-state index contributed by atoms with van der Waals surface area (Å²) in [6, 6.07) is 0. The fourth-order valence-corrected chi connectivity index (χ4v) is 0.541. The van der Waals surface area contributed by atoms with Gasteiger partial charge in [-0.1, -0.05) is 0 Å². The second kappa shape index (κ2) is 2.30. The Labute approximate surface area is 52.0 Å². The van der Waals surface area contributed by atoms with Gasteiger partial charge in [-0.2, -0.15) is 0 Å². The van der Waals surface area contributed by atoms with E-state index in [4.69, 9.17) is 5.41 Å². The quantitative estimate of drug-likeness (QED) is 0.301. The normalized spacial score (nSPS) is 23.6. The predicted octanol–water partition coefficient (Wildman–Crippen LogP) is -0.378. The molecule has 0 saturated heterocycles. The summed E-state index contributed by atoms with van der Waals surface area (Å²) in [5.41, 5.74) is 0. The zero-order valence-electron chi connectivity index (χ0n) is 4.63. The highest BCUT2D eigenvalue weighted by molar-refractivity contribution is 5.84. The number of hydrogen-bond acceptors (Lipinski definition) is 3. The summed E-state index contributed by atoms with van der Waals surface area (Å²) in [7, 11) is 0. The third kappa shape index (κ3) is 1.28. The highest BCUT2D eigenvalue weighted by Crippen LogP contribution is 1.99. The predicted molar refractivity (Wildman–Crippen MR) is 30.9 cm³/mol. The van der Waals surface area contributed by atoms with Crippen molar-refractivity contribution in [2.75, 3.05) is 0 Å². The molecule has 0 aromatic rings. The zero-order valence-corrected chi connectivity index (χ0v) is 4.63. The van der Waals surface area contributed by atoms with Crippen LogP contribution in [-0.2, 0) is 9.53 Å². The minimum atomic E-state index is -0.435. The van der Waals surface area contributed by atoms with Gasteiger partial charge in [-0.25, -0.2) is 4.79 Å². The summed E-state index contributed by atoms with van der Waals surface area (Å²) in [4.78, 5) is 10.3. The lowest BCUT2D eigenvalue weighted by Crippen LogP contribution is -2.26. The van der Waals surface area contributed by atoms with Crippen LogP contribution in [0.25, 0.3) is 0 Å². The van der Waals surface area contributed by atoms with E-state index in [0.29, 0.717) is 0 Å². The van der Waals surface area contributed by atoms with E-state index in [1.807, 2.05) is 0 Å². The average Bonchev–Trinajstić information content (AvgIpc) is 2.17. The maximum atomic E-state index is 10.3. The van der Waals surface area contributed by atoms with Crippen LogP contribution in [0.15, 0.2) is 12.2 Å². The van der Waals surface area contributed by atoms with E-state index in [-0.39, 0.29) is 5.97 Å². The highest BCUT2D eigenvalue weighted by atomic mass is 16.6. The summed E-state index contributed by atoms with van der Waals surface area (Å²) in [6.07, 6.45) is 3.41. The third-order valence-corrected chi connectivity index (χ3v) is 0.898. The van der Waals surface area contributed by atoms with Gasteiger partial charge in [0.15, 0.2) is 6.23 Å². The maximum Gasteiger partial charge on any atom is 0.332 e. The molecule has 1 heterocycles. The molecule has 0 spiro atoms. The molecule has 48 valence electrons. The number of carbonyl (C=O) groups is 1. The molecule has 1 aliphatic rings. The van der Waals surface area contributed by atoms with Gasteiger partial charge >= 0.3 is 5.97 Å². The zero-order chi connectivity index (χ0) is 6.69. The molecule has 0 aromatic heterocycles. The van der Waals surface area contributed by atoms with E-state index in [0.717, 1.165) is 6.34 Å². The van der Waals surface area contributed by atoms with Gasteiger partial charge in [-0.05, 0) is 6.08 Å². The van der Waals surface area contributed by atoms with Crippen molar-refractivity contribution in [3.05, 3.63) is 12.2 Å². The molecule has 1 atom stereocenters. The smallest absolute Gasteiger partial charge is 0.332 e. The van der Waals surface area contributed by atoms with Crippen LogP contribution >= 0.6 is 0 Å². The first-order chi connectivity index (χ1) is 4.33. The van der Waals surface area contributed by atoms with E-state index in [2.05, 4.69) is 10.1 Å². The number of rotatable bonds is 2. The van der Waals surface area contributed by atoms with Gasteiger partial charge in [0.05, 0.1) is 6.34 Å². The summed E-state index contributed by atoms with van der Waals surface area (Å²) < 4.78 is 4.59. The summed E-state index contributed by atoms with van der Waals surface area (Å²) in [5, 5.41) is 9.06. The summed E-state index contributed by atoms with van der Waals surface area (Å²) in [6.45, 7) is 0. The average molecular weight is 126 g/mol. The molecular formula is C5H6N2O2. The molecule has 1 rings (SSSR count). The van der Waals surface area contributed by atoms with Crippen LogP contribution in [0.2, 0.25) is 0 Å². The van der Waals surface area contributed by atoms with E-state index >= 15 is 0 Å². The first kappa shape index (κ1) is 5.81. The van der Waals surface area contributed by atoms with Gasteiger partial charge in [0, 0.05) is 6.08 Å².